The van der Waals surface area contributed by atoms with Crippen LogP contribution >= 0.6 is 0 Å². The summed E-state index contributed by atoms with van der Waals surface area (Å²) >= 11 is 0. The zero-order chi connectivity index (χ0) is 14.8. The number of anilines is 1. The van der Waals surface area contributed by atoms with Gasteiger partial charge in [-0.25, -0.2) is 9.07 Å². The molecular weight excluding hydrogens is 271 g/mol. The van der Waals surface area contributed by atoms with Crippen molar-refractivity contribution in [3.05, 3.63) is 42.5 Å². The molecule has 0 saturated carbocycles. The lowest BCUT2D eigenvalue weighted by atomic mass is 9.88. The van der Waals surface area contributed by atoms with Crippen LogP contribution in [0.5, 0.6) is 0 Å². The lowest BCUT2D eigenvalue weighted by Gasteiger charge is -2.31. The number of rotatable bonds is 4. The minimum Gasteiger partial charge on any atom is -0.323 e. The molecule has 3 rings (SSSR count). The number of hydrogen-bond donors (Lipinski definition) is 2. The van der Waals surface area contributed by atoms with Crippen molar-refractivity contribution in [2.45, 2.75) is 6.92 Å². The maximum atomic E-state index is 13.7. The smallest absolute Gasteiger partial charge is 0.227 e. The number of halogens is 1. The first kappa shape index (κ1) is 13.8. The van der Waals surface area contributed by atoms with E-state index in [2.05, 4.69) is 15.7 Å². The maximum absolute atomic E-state index is 13.7. The maximum Gasteiger partial charge on any atom is 0.227 e. The Kier molecular flexibility index (Phi) is 3.70. The first-order valence-electron chi connectivity index (χ1n) is 6.96. The largest absolute Gasteiger partial charge is 0.323 e. The number of amides is 1. The summed E-state index contributed by atoms with van der Waals surface area (Å²) in [7, 11) is 0. The Morgan fingerprint density at radius 1 is 1.48 bits per heavy atom. The molecule has 1 aromatic carbocycles. The number of nitrogens with one attached hydrogen (secondary N) is 2. The molecule has 1 unspecified atom stereocenters. The summed E-state index contributed by atoms with van der Waals surface area (Å²) in [6.45, 7) is 3.67. The van der Waals surface area contributed by atoms with Crippen LogP contribution in [0.2, 0.25) is 0 Å². The third-order valence-corrected chi connectivity index (χ3v) is 3.88. The topological polar surface area (TPSA) is 59.0 Å². The molecule has 1 atom stereocenters. The van der Waals surface area contributed by atoms with Crippen molar-refractivity contribution in [1.29, 1.82) is 0 Å². The molecule has 0 bridgehead atoms. The highest BCUT2D eigenvalue weighted by Gasteiger charge is 2.28. The third-order valence-electron chi connectivity index (χ3n) is 3.88. The standard InChI is InChI=1S/C15H17FN4O/c1-10(11-6-17-7-11)15(21)19-12-8-18-20(9-12)14-5-3-2-4-13(14)16/h2-5,8-11,17H,6-7H2,1H3,(H,19,21). The Hall–Kier alpha value is -2.21. The summed E-state index contributed by atoms with van der Waals surface area (Å²) in [5.74, 6) is -0.0587. The molecule has 2 aromatic rings. The van der Waals surface area contributed by atoms with Crippen molar-refractivity contribution in [3.63, 3.8) is 0 Å². The zero-order valence-corrected chi connectivity index (χ0v) is 11.7. The number of nitrogens with zero attached hydrogens (tertiary/aromatic N) is 2. The van der Waals surface area contributed by atoms with Gasteiger partial charge in [0.1, 0.15) is 11.5 Å². The Labute approximate surface area is 122 Å². The van der Waals surface area contributed by atoms with Crippen LogP contribution in [0.25, 0.3) is 5.69 Å². The molecule has 1 aliphatic rings. The van der Waals surface area contributed by atoms with E-state index < -0.39 is 0 Å². The summed E-state index contributed by atoms with van der Waals surface area (Å²) in [4.78, 5) is 12.1. The Morgan fingerprint density at radius 2 is 2.24 bits per heavy atom. The van der Waals surface area contributed by atoms with Crippen LogP contribution in [0.15, 0.2) is 36.7 Å². The number of para-hydroxylation sites is 1. The molecule has 1 saturated heterocycles. The van der Waals surface area contributed by atoms with Crippen molar-refractivity contribution >= 4 is 11.6 Å². The second-order valence-electron chi connectivity index (χ2n) is 5.32. The van der Waals surface area contributed by atoms with E-state index in [1.54, 1.807) is 24.4 Å². The molecule has 6 heteroatoms. The molecule has 0 aliphatic carbocycles. The molecule has 2 N–H and O–H groups in total. The van der Waals surface area contributed by atoms with Gasteiger partial charge in [-0.3, -0.25) is 4.79 Å². The summed E-state index contributed by atoms with van der Waals surface area (Å²) < 4.78 is 15.1. The minimum atomic E-state index is -0.354. The zero-order valence-electron chi connectivity index (χ0n) is 11.7. The fraction of sp³-hybridized carbons (Fsp3) is 0.333. The van der Waals surface area contributed by atoms with Gasteiger partial charge in [-0.05, 0) is 31.1 Å². The van der Waals surface area contributed by atoms with Crippen molar-refractivity contribution in [2.75, 3.05) is 18.4 Å². The van der Waals surface area contributed by atoms with E-state index in [-0.39, 0.29) is 17.6 Å². The van der Waals surface area contributed by atoms with E-state index in [9.17, 15) is 9.18 Å². The van der Waals surface area contributed by atoms with Crippen LogP contribution in [0.4, 0.5) is 10.1 Å². The fourth-order valence-corrected chi connectivity index (χ4v) is 2.29. The molecule has 0 spiro atoms. The van der Waals surface area contributed by atoms with Gasteiger partial charge in [-0.1, -0.05) is 19.1 Å². The van der Waals surface area contributed by atoms with Crippen molar-refractivity contribution in [3.8, 4) is 5.69 Å². The molecule has 1 aliphatic heterocycles. The van der Waals surface area contributed by atoms with Crippen molar-refractivity contribution in [2.24, 2.45) is 11.8 Å². The fourth-order valence-electron chi connectivity index (χ4n) is 2.29. The van der Waals surface area contributed by atoms with Crippen molar-refractivity contribution in [1.82, 2.24) is 15.1 Å². The van der Waals surface area contributed by atoms with E-state index in [0.29, 0.717) is 17.3 Å². The van der Waals surface area contributed by atoms with Crippen LogP contribution in [-0.4, -0.2) is 28.8 Å². The van der Waals surface area contributed by atoms with Gasteiger partial charge in [0, 0.05) is 5.92 Å². The van der Waals surface area contributed by atoms with Crippen LogP contribution in [-0.2, 0) is 4.79 Å². The number of hydrogen-bond acceptors (Lipinski definition) is 3. The van der Waals surface area contributed by atoms with E-state index in [1.807, 2.05) is 6.92 Å². The lowest BCUT2D eigenvalue weighted by molar-refractivity contribution is -0.121. The van der Waals surface area contributed by atoms with E-state index in [0.717, 1.165) is 13.1 Å². The van der Waals surface area contributed by atoms with Crippen LogP contribution in [0.3, 0.4) is 0 Å². The predicted octanol–water partition coefficient (Wildman–Crippen LogP) is 1.81. The number of carbonyl (C=O) groups excluding carboxylic acids is 1. The molecular formula is C15H17FN4O. The molecule has 1 fully saturated rings. The Balaban J connectivity index is 1.70. The minimum absolute atomic E-state index is 0.0328. The van der Waals surface area contributed by atoms with Gasteiger partial charge in [0.15, 0.2) is 0 Å². The van der Waals surface area contributed by atoms with Crippen LogP contribution in [0.1, 0.15) is 6.92 Å². The first-order chi connectivity index (χ1) is 10.1. The van der Waals surface area contributed by atoms with Gasteiger partial charge in [0.05, 0.1) is 18.1 Å². The highest BCUT2D eigenvalue weighted by atomic mass is 19.1. The SMILES string of the molecule is CC(C(=O)Nc1cnn(-c2ccccc2F)c1)C1CNC1. The predicted molar refractivity (Wildman–Crippen MR) is 77.7 cm³/mol. The van der Waals surface area contributed by atoms with E-state index in [4.69, 9.17) is 0 Å². The lowest BCUT2D eigenvalue weighted by Crippen LogP contribution is -2.48. The average molecular weight is 288 g/mol. The highest BCUT2D eigenvalue weighted by molar-refractivity contribution is 5.92. The molecule has 2 heterocycles. The molecule has 0 radical (unpaired) electrons. The third kappa shape index (κ3) is 2.80. The molecule has 1 aromatic heterocycles. The molecule has 5 nitrogen and oxygen atoms in total. The Bertz CT molecular complexity index is 651. The summed E-state index contributed by atoms with van der Waals surface area (Å²) in [5, 5.41) is 10.1. The average Bonchev–Trinajstić information content (AvgIpc) is 2.85. The van der Waals surface area contributed by atoms with Crippen LogP contribution in [0, 0.1) is 17.7 Å². The van der Waals surface area contributed by atoms with Crippen LogP contribution < -0.4 is 10.6 Å². The second-order valence-corrected chi connectivity index (χ2v) is 5.32. The van der Waals surface area contributed by atoms with Gasteiger partial charge < -0.3 is 10.6 Å². The number of aromatic nitrogens is 2. The monoisotopic (exact) mass is 288 g/mol. The summed E-state index contributed by atoms with van der Waals surface area (Å²) in [6, 6.07) is 6.38. The molecule has 21 heavy (non-hydrogen) atoms. The first-order valence-corrected chi connectivity index (χ1v) is 6.96. The van der Waals surface area contributed by atoms with E-state index >= 15 is 0 Å². The highest BCUT2D eigenvalue weighted by Crippen LogP contribution is 2.19. The van der Waals surface area contributed by atoms with Gasteiger partial charge in [-0.15, -0.1) is 0 Å². The van der Waals surface area contributed by atoms with E-state index in [1.165, 1.54) is 16.9 Å². The summed E-state index contributed by atoms with van der Waals surface area (Å²) in [5.41, 5.74) is 0.927. The molecule has 110 valence electrons. The van der Waals surface area contributed by atoms with Gasteiger partial charge >= 0.3 is 0 Å². The quantitative estimate of drug-likeness (QED) is 0.902. The van der Waals surface area contributed by atoms with Gasteiger partial charge in [0.2, 0.25) is 5.91 Å². The number of carbonyl (C=O) groups is 1. The van der Waals surface area contributed by atoms with Gasteiger partial charge in [0.25, 0.3) is 0 Å². The molecule has 1 amide bonds. The van der Waals surface area contributed by atoms with Crippen molar-refractivity contribution < 1.29 is 9.18 Å². The number of benzene rings is 1. The second kappa shape index (κ2) is 5.65. The van der Waals surface area contributed by atoms with Gasteiger partial charge in [-0.2, -0.15) is 5.10 Å². The summed E-state index contributed by atoms with van der Waals surface area (Å²) in [6.07, 6.45) is 3.14. The normalized spacial score (nSPS) is 16.3. The Morgan fingerprint density at radius 3 is 2.90 bits per heavy atom.